The molecule has 19 heavy (non-hydrogen) atoms. The monoisotopic (exact) mass is 264 g/mol. The normalized spacial score (nSPS) is 23.9. The molecule has 3 N–H and O–H groups in total. The summed E-state index contributed by atoms with van der Waals surface area (Å²) < 4.78 is 5.45. The lowest BCUT2D eigenvalue weighted by Gasteiger charge is -2.39. The molecule has 3 atom stereocenters. The third-order valence-corrected chi connectivity index (χ3v) is 3.78. The minimum atomic E-state index is -0.246. The molecule has 1 fully saturated rings. The van der Waals surface area contributed by atoms with Gasteiger partial charge in [-0.3, -0.25) is 4.90 Å². The summed E-state index contributed by atoms with van der Waals surface area (Å²) in [4.78, 5) is 2.27. The lowest BCUT2D eigenvalue weighted by atomic mass is 9.95. The topological polar surface area (TPSA) is 58.7 Å². The Balaban J connectivity index is 2.29. The Morgan fingerprint density at radius 2 is 2.16 bits per heavy atom. The highest BCUT2D eigenvalue weighted by Gasteiger charge is 2.30. The summed E-state index contributed by atoms with van der Waals surface area (Å²) in [7, 11) is 1.68. The molecule has 0 spiro atoms. The predicted octanol–water partition coefficient (Wildman–Crippen LogP) is 1.54. The number of hydrogen-bond donors (Lipinski definition) is 2. The Kier molecular flexibility index (Phi) is 4.80. The molecule has 0 bridgehead atoms. The maximum atomic E-state index is 9.87. The maximum Gasteiger partial charge on any atom is 0.123 e. The second-order valence-electron chi connectivity index (χ2n) is 5.34. The molecule has 0 aliphatic carbocycles. The molecule has 0 aromatic heterocycles. The van der Waals surface area contributed by atoms with Gasteiger partial charge < -0.3 is 15.6 Å². The second kappa shape index (κ2) is 6.37. The van der Waals surface area contributed by atoms with Gasteiger partial charge in [0.05, 0.1) is 19.3 Å². The second-order valence-corrected chi connectivity index (χ2v) is 5.34. The average molecular weight is 264 g/mol. The van der Waals surface area contributed by atoms with Crippen molar-refractivity contribution in [1.82, 2.24) is 4.90 Å². The summed E-state index contributed by atoms with van der Waals surface area (Å²) in [6.45, 7) is 3.67. The number of para-hydroxylation sites is 1. The van der Waals surface area contributed by atoms with Crippen LogP contribution in [0.5, 0.6) is 5.75 Å². The number of aliphatic hydroxyl groups excluding tert-OH is 1. The molecule has 1 aliphatic heterocycles. The molecule has 1 aliphatic rings. The van der Waals surface area contributed by atoms with E-state index in [0.717, 1.165) is 30.7 Å². The van der Waals surface area contributed by atoms with E-state index in [-0.39, 0.29) is 18.2 Å². The van der Waals surface area contributed by atoms with Crippen molar-refractivity contribution >= 4 is 0 Å². The Bertz CT molecular complexity index is 409. The largest absolute Gasteiger partial charge is 0.496 e. The summed E-state index contributed by atoms with van der Waals surface area (Å²) in [6.07, 6.45) is 1.65. The van der Waals surface area contributed by atoms with Crippen molar-refractivity contribution in [1.29, 1.82) is 0 Å². The molecule has 1 aromatic rings. The first kappa shape index (κ1) is 14.3. The van der Waals surface area contributed by atoms with Crippen LogP contribution in [0.4, 0.5) is 0 Å². The molecule has 1 heterocycles. The Labute approximate surface area is 115 Å². The summed E-state index contributed by atoms with van der Waals surface area (Å²) in [5.74, 6) is 0.866. The number of ether oxygens (including phenoxy) is 1. The number of piperidine rings is 1. The summed E-state index contributed by atoms with van der Waals surface area (Å²) in [5.41, 5.74) is 7.30. The van der Waals surface area contributed by atoms with Gasteiger partial charge in [0.25, 0.3) is 0 Å². The molecule has 2 rings (SSSR count). The van der Waals surface area contributed by atoms with E-state index in [1.165, 1.54) is 0 Å². The fraction of sp³-hybridized carbons (Fsp3) is 0.600. The van der Waals surface area contributed by atoms with Crippen LogP contribution in [-0.2, 0) is 0 Å². The van der Waals surface area contributed by atoms with Gasteiger partial charge in [-0.2, -0.15) is 0 Å². The summed E-state index contributed by atoms with van der Waals surface area (Å²) in [6, 6.07) is 8.07. The van der Waals surface area contributed by atoms with Crippen LogP contribution in [0, 0.1) is 0 Å². The van der Waals surface area contributed by atoms with E-state index in [4.69, 9.17) is 10.5 Å². The number of nitrogens with two attached hydrogens (primary N) is 1. The number of benzene rings is 1. The summed E-state index contributed by atoms with van der Waals surface area (Å²) in [5, 5.41) is 9.87. The Morgan fingerprint density at radius 1 is 1.42 bits per heavy atom. The van der Waals surface area contributed by atoms with Gasteiger partial charge in [-0.15, -0.1) is 0 Å². The molecular weight excluding hydrogens is 240 g/mol. The van der Waals surface area contributed by atoms with Gasteiger partial charge in [0.15, 0.2) is 0 Å². The number of β-amino-alcohol motifs (C(OH)–C–C–N with tert-alkyl or cyclic N) is 1. The minimum absolute atomic E-state index is 0.0124. The summed E-state index contributed by atoms with van der Waals surface area (Å²) >= 11 is 0. The number of hydrogen-bond acceptors (Lipinski definition) is 4. The quantitative estimate of drug-likeness (QED) is 0.866. The molecule has 1 aromatic carbocycles. The highest BCUT2D eigenvalue weighted by molar-refractivity contribution is 5.36. The Morgan fingerprint density at radius 3 is 2.79 bits per heavy atom. The van der Waals surface area contributed by atoms with Crippen LogP contribution in [0.2, 0.25) is 0 Å². The molecule has 3 unspecified atom stereocenters. The van der Waals surface area contributed by atoms with Crippen molar-refractivity contribution in [3.8, 4) is 5.75 Å². The molecule has 0 radical (unpaired) electrons. The fourth-order valence-corrected chi connectivity index (χ4v) is 2.96. The number of nitrogens with zero attached hydrogens (tertiary/aromatic N) is 1. The van der Waals surface area contributed by atoms with Crippen molar-refractivity contribution in [3.63, 3.8) is 0 Å². The van der Waals surface area contributed by atoms with Crippen molar-refractivity contribution in [2.24, 2.45) is 5.73 Å². The van der Waals surface area contributed by atoms with E-state index in [0.29, 0.717) is 6.54 Å². The molecule has 0 amide bonds. The lowest BCUT2D eigenvalue weighted by molar-refractivity contribution is 0.0398. The van der Waals surface area contributed by atoms with Crippen molar-refractivity contribution in [2.75, 3.05) is 20.2 Å². The zero-order chi connectivity index (χ0) is 13.8. The SMILES string of the molecule is COc1ccccc1C(C(C)N)N1CCCC(O)C1. The number of aliphatic hydroxyl groups is 1. The van der Waals surface area contributed by atoms with Crippen molar-refractivity contribution < 1.29 is 9.84 Å². The van der Waals surface area contributed by atoms with Crippen LogP contribution < -0.4 is 10.5 Å². The van der Waals surface area contributed by atoms with E-state index in [1.54, 1.807) is 7.11 Å². The van der Waals surface area contributed by atoms with Gasteiger partial charge in [-0.25, -0.2) is 0 Å². The van der Waals surface area contributed by atoms with Gasteiger partial charge in [-0.1, -0.05) is 18.2 Å². The van der Waals surface area contributed by atoms with Gasteiger partial charge in [0.1, 0.15) is 5.75 Å². The number of methoxy groups -OCH3 is 1. The molecule has 106 valence electrons. The maximum absolute atomic E-state index is 9.87. The molecule has 1 saturated heterocycles. The van der Waals surface area contributed by atoms with Gasteiger partial charge in [0, 0.05) is 18.2 Å². The smallest absolute Gasteiger partial charge is 0.123 e. The van der Waals surface area contributed by atoms with Gasteiger partial charge in [0.2, 0.25) is 0 Å². The number of likely N-dealkylation sites (tertiary alicyclic amines) is 1. The van der Waals surface area contributed by atoms with Crippen molar-refractivity contribution in [2.45, 2.75) is 38.0 Å². The zero-order valence-electron chi connectivity index (χ0n) is 11.7. The van der Waals surface area contributed by atoms with E-state index in [9.17, 15) is 5.11 Å². The van der Waals surface area contributed by atoms with E-state index >= 15 is 0 Å². The first-order valence-corrected chi connectivity index (χ1v) is 6.94. The minimum Gasteiger partial charge on any atom is -0.496 e. The highest BCUT2D eigenvalue weighted by Crippen LogP contribution is 2.32. The van der Waals surface area contributed by atoms with Gasteiger partial charge >= 0.3 is 0 Å². The predicted molar refractivity (Wildman–Crippen MR) is 76.2 cm³/mol. The van der Waals surface area contributed by atoms with E-state index < -0.39 is 0 Å². The standard InChI is InChI=1S/C15H24N2O2/c1-11(16)15(17-9-5-6-12(18)10-17)13-7-3-4-8-14(13)19-2/h3-4,7-8,11-12,15,18H,5-6,9-10,16H2,1-2H3. The third-order valence-electron chi connectivity index (χ3n) is 3.78. The molecule has 4 nitrogen and oxygen atoms in total. The molecule has 4 heteroatoms. The first-order valence-electron chi connectivity index (χ1n) is 6.94. The van der Waals surface area contributed by atoms with E-state index in [1.807, 2.05) is 25.1 Å². The van der Waals surface area contributed by atoms with Crippen LogP contribution >= 0.6 is 0 Å². The Hall–Kier alpha value is -1.10. The van der Waals surface area contributed by atoms with Crippen LogP contribution in [0.3, 0.4) is 0 Å². The fourth-order valence-electron chi connectivity index (χ4n) is 2.96. The highest BCUT2D eigenvalue weighted by atomic mass is 16.5. The first-order chi connectivity index (χ1) is 9.13. The molecular formula is C15H24N2O2. The van der Waals surface area contributed by atoms with Crippen LogP contribution in [0.25, 0.3) is 0 Å². The van der Waals surface area contributed by atoms with Gasteiger partial charge in [-0.05, 0) is 32.4 Å². The average Bonchev–Trinajstić information content (AvgIpc) is 2.39. The molecule has 0 saturated carbocycles. The van der Waals surface area contributed by atoms with E-state index in [2.05, 4.69) is 11.0 Å². The van der Waals surface area contributed by atoms with Crippen LogP contribution in [-0.4, -0.2) is 42.4 Å². The van der Waals surface area contributed by atoms with Crippen molar-refractivity contribution in [3.05, 3.63) is 29.8 Å². The van der Waals surface area contributed by atoms with Crippen LogP contribution in [0.15, 0.2) is 24.3 Å². The number of rotatable bonds is 4. The third kappa shape index (κ3) is 3.26. The van der Waals surface area contributed by atoms with Crippen LogP contribution in [0.1, 0.15) is 31.4 Å². The lowest BCUT2D eigenvalue weighted by Crippen LogP contribution is -2.46. The zero-order valence-corrected chi connectivity index (χ0v) is 11.7.